The van der Waals surface area contributed by atoms with Crippen LogP contribution in [0.3, 0.4) is 0 Å². The van der Waals surface area contributed by atoms with Crippen molar-refractivity contribution in [2.45, 2.75) is 20.3 Å². The predicted octanol–water partition coefficient (Wildman–Crippen LogP) is 3.60. The summed E-state index contributed by atoms with van der Waals surface area (Å²) in [5, 5.41) is 6.75. The monoisotopic (exact) mass is 360 g/mol. The number of imide groups is 1. The molecule has 1 aromatic heterocycles. The lowest BCUT2D eigenvalue weighted by atomic mass is 10.0. The average Bonchev–Trinajstić information content (AvgIpc) is 3.09. The first kappa shape index (κ1) is 17.0. The summed E-state index contributed by atoms with van der Waals surface area (Å²) in [6.07, 6.45) is 4.12. The number of rotatable bonds is 3. The summed E-state index contributed by atoms with van der Waals surface area (Å²) < 4.78 is 1.84. The molecular formula is C21H20N4O2. The van der Waals surface area contributed by atoms with E-state index in [1.165, 1.54) is 0 Å². The summed E-state index contributed by atoms with van der Waals surface area (Å²) in [6, 6.07) is 13.8. The Morgan fingerprint density at radius 1 is 1.04 bits per heavy atom. The molecule has 0 unspecified atom stereocenters. The van der Waals surface area contributed by atoms with Gasteiger partial charge in [-0.3, -0.25) is 15.0 Å². The van der Waals surface area contributed by atoms with E-state index < -0.39 is 0 Å². The summed E-state index contributed by atoms with van der Waals surface area (Å²) in [5.41, 5.74) is 5.93. The van der Waals surface area contributed by atoms with Gasteiger partial charge in [0.05, 0.1) is 11.9 Å². The predicted molar refractivity (Wildman–Crippen MR) is 104 cm³/mol. The smallest absolute Gasteiger partial charge is 0.293 e. The van der Waals surface area contributed by atoms with Crippen molar-refractivity contribution in [3.05, 3.63) is 66.0 Å². The van der Waals surface area contributed by atoms with Crippen LogP contribution in [0.5, 0.6) is 0 Å². The molecule has 0 saturated carbocycles. The summed E-state index contributed by atoms with van der Waals surface area (Å²) >= 11 is 0. The Hall–Kier alpha value is -3.41. The lowest BCUT2D eigenvalue weighted by Crippen LogP contribution is -2.49. The van der Waals surface area contributed by atoms with Crippen LogP contribution < -0.4 is 10.2 Å². The van der Waals surface area contributed by atoms with E-state index in [-0.39, 0.29) is 11.9 Å². The number of nitrogens with one attached hydrogen (secondary N) is 1. The number of amides is 3. The van der Waals surface area contributed by atoms with Gasteiger partial charge in [0.2, 0.25) is 5.91 Å². The first-order valence-corrected chi connectivity index (χ1v) is 8.85. The second kappa shape index (κ2) is 6.72. The van der Waals surface area contributed by atoms with Gasteiger partial charge in [0.15, 0.2) is 0 Å². The van der Waals surface area contributed by atoms with Gasteiger partial charge in [-0.1, -0.05) is 24.3 Å². The van der Waals surface area contributed by atoms with Crippen molar-refractivity contribution < 1.29 is 9.59 Å². The largest absolute Gasteiger partial charge is 0.328 e. The summed E-state index contributed by atoms with van der Waals surface area (Å²) in [6.45, 7) is 4.36. The molecule has 1 N–H and O–H groups in total. The van der Waals surface area contributed by atoms with E-state index in [0.717, 1.165) is 33.6 Å². The van der Waals surface area contributed by atoms with Crippen molar-refractivity contribution in [2.24, 2.45) is 0 Å². The third kappa shape index (κ3) is 3.33. The van der Waals surface area contributed by atoms with E-state index in [9.17, 15) is 9.59 Å². The van der Waals surface area contributed by atoms with Crippen LogP contribution in [-0.2, 0) is 4.79 Å². The molecule has 0 aliphatic carbocycles. The Balaban J connectivity index is 1.71. The number of aromatic nitrogens is 2. The lowest BCUT2D eigenvalue weighted by Gasteiger charge is -2.28. The van der Waals surface area contributed by atoms with Gasteiger partial charge in [-0.05, 0) is 54.3 Å². The maximum Gasteiger partial charge on any atom is 0.328 e. The van der Waals surface area contributed by atoms with Crippen LogP contribution in [0.15, 0.2) is 54.9 Å². The second-order valence-corrected chi connectivity index (χ2v) is 6.77. The molecule has 1 aliphatic heterocycles. The van der Waals surface area contributed by atoms with Gasteiger partial charge in [-0.25, -0.2) is 9.48 Å². The molecule has 2 heterocycles. The molecule has 1 saturated heterocycles. The SMILES string of the molecule is Cc1cnn(-c2cccc(-c3ccc(C)c(N4CCC(=O)NC4=O)c3)c2)c1. The van der Waals surface area contributed by atoms with Crippen molar-refractivity contribution in [2.75, 3.05) is 11.4 Å². The fraction of sp³-hybridized carbons (Fsp3) is 0.190. The number of benzene rings is 2. The normalized spacial score (nSPS) is 14.4. The van der Waals surface area contributed by atoms with Gasteiger partial charge in [0, 0.05) is 24.8 Å². The number of aryl methyl sites for hydroxylation is 2. The zero-order valence-corrected chi connectivity index (χ0v) is 15.3. The van der Waals surface area contributed by atoms with Gasteiger partial charge in [0.1, 0.15) is 0 Å². The summed E-state index contributed by atoms with van der Waals surface area (Å²) in [7, 11) is 0. The Labute approximate surface area is 157 Å². The van der Waals surface area contributed by atoms with Gasteiger partial charge >= 0.3 is 6.03 Å². The van der Waals surface area contributed by atoms with Gasteiger partial charge in [-0.15, -0.1) is 0 Å². The summed E-state index contributed by atoms with van der Waals surface area (Å²) in [4.78, 5) is 25.3. The van der Waals surface area contributed by atoms with E-state index in [1.807, 2.05) is 67.3 Å². The third-order valence-electron chi connectivity index (χ3n) is 4.71. The first-order valence-electron chi connectivity index (χ1n) is 8.85. The van der Waals surface area contributed by atoms with Crippen molar-refractivity contribution in [3.63, 3.8) is 0 Å². The van der Waals surface area contributed by atoms with Crippen LogP contribution in [0.1, 0.15) is 17.5 Å². The lowest BCUT2D eigenvalue weighted by molar-refractivity contribution is -0.120. The fourth-order valence-electron chi connectivity index (χ4n) is 3.26. The van der Waals surface area contributed by atoms with E-state index in [0.29, 0.717) is 13.0 Å². The van der Waals surface area contributed by atoms with E-state index >= 15 is 0 Å². The number of urea groups is 1. The van der Waals surface area contributed by atoms with E-state index in [4.69, 9.17) is 0 Å². The Morgan fingerprint density at radius 2 is 1.85 bits per heavy atom. The van der Waals surface area contributed by atoms with Gasteiger partial charge in [0.25, 0.3) is 0 Å². The maximum absolute atomic E-state index is 12.2. The van der Waals surface area contributed by atoms with Crippen LogP contribution in [0.2, 0.25) is 0 Å². The van der Waals surface area contributed by atoms with Crippen molar-refractivity contribution >= 4 is 17.6 Å². The molecule has 6 nitrogen and oxygen atoms in total. The minimum absolute atomic E-state index is 0.229. The van der Waals surface area contributed by atoms with E-state index in [2.05, 4.69) is 16.5 Å². The molecule has 0 spiro atoms. The molecular weight excluding hydrogens is 340 g/mol. The highest BCUT2D eigenvalue weighted by Crippen LogP contribution is 2.30. The molecule has 1 fully saturated rings. The topological polar surface area (TPSA) is 67.2 Å². The molecule has 3 aromatic rings. The first-order chi connectivity index (χ1) is 13.0. The van der Waals surface area contributed by atoms with Crippen LogP contribution >= 0.6 is 0 Å². The molecule has 4 rings (SSSR count). The van der Waals surface area contributed by atoms with Crippen LogP contribution in [0.25, 0.3) is 16.8 Å². The maximum atomic E-state index is 12.2. The highest BCUT2D eigenvalue weighted by atomic mass is 16.2. The molecule has 1 aliphatic rings. The van der Waals surface area contributed by atoms with Gasteiger partial charge < -0.3 is 0 Å². The highest BCUT2D eigenvalue weighted by molar-refractivity contribution is 6.06. The number of nitrogens with zero attached hydrogens (tertiary/aromatic N) is 3. The van der Waals surface area contributed by atoms with Crippen LogP contribution in [0.4, 0.5) is 10.5 Å². The fourth-order valence-corrected chi connectivity index (χ4v) is 3.26. The van der Waals surface area contributed by atoms with E-state index in [1.54, 1.807) is 4.90 Å². The third-order valence-corrected chi connectivity index (χ3v) is 4.71. The molecule has 0 atom stereocenters. The standard InChI is InChI=1S/C21H20N4O2/c1-14-12-22-25(13-14)18-5-3-4-16(10-18)17-7-6-15(2)19(11-17)24-9-8-20(26)23-21(24)27/h3-7,10-13H,8-9H2,1-2H3,(H,23,26,27). The molecule has 27 heavy (non-hydrogen) atoms. The molecule has 0 radical (unpaired) electrons. The molecule has 0 bridgehead atoms. The minimum Gasteiger partial charge on any atom is -0.293 e. The Kier molecular flexibility index (Phi) is 4.24. The number of carbonyl (C=O) groups is 2. The van der Waals surface area contributed by atoms with Gasteiger partial charge in [-0.2, -0.15) is 5.10 Å². The van der Waals surface area contributed by atoms with Crippen molar-refractivity contribution in [1.29, 1.82) is 0 Å². The number of carbonyl (C=O) groups excluding carboxylic acids is 2. The zero-order chi connectivity index (χ0) is 19.0. The Morgan fingerprint density at radius 3 is 2.59 bits per heavy atom. The Bertz CT molecular complexity index is 1040. The number of hydrogen-bond donors (Lipinski definition) is 1. The number of hydrogen-bond acceptors (Lipinski definition) is 3. The minimum atomic E-state index is -0.368. The van der Waals surface area contributed by atoms with Crippen molar-refractivity contribution in [3.8, 4) is 16.8 Å². The molecule has 2 aromatic carbocycles. The summed E-state index contributed by atoms with van der Waals surface area (Å²) in [5.74, 6) is -0.229. The van der Waals surface area contributed by atoms with Crippen LogP contribution in [-0.4, -0.2) is 28.3 Å². The highest BCUT2D eigenvalue weighted by Gasteiger charge is 2.25. The van der Waals surface area contributed by atoms with Crippen molar-refractivity contribution in [1.82, 2.24) is 15.1 Å². The van der Waals surface area contributed by atoms with Crippen LogP contribution in [0, 0.1) is 13.8 Å². The number of anilines is 1. The zero-order valence-electron chi connectivity index (χ0n) is 15.3. The quantitative estimate of drug-likeness (QED) is 0.776. The molecule has 3 amide bonds. The second-order valence-electron chi connectivity index (χ2n) is 6.77. The molecule has 136 valence electrons. The average molecular weight is 360 g/mol. The molecule has 6 heteroatoms.